The second-order valence-corrected chi connectivity index (χ2v) is 4.88. The molecule has 3 nitrogen and oxygen atoms in total. The van der Waals surface area contributed by atoms with E-state index in [-0.39, 0.29) is 0 Å². The predicted molar refractivity (Wildman–Crippen MR) is 66.8 cm³/mol. The zero-order valence-corrected chi connectivity index (χ0v) is 10.2. The number of nitrogen functional groups attached to an aromatic ring is 1. The molecule has 0 saturated carbocycles. The molecule has 16 heavy (non-hydrogen) atoms. The van der Waals surface area contributed by atoms with Gasteiger partial charge in [0.25, 0.3) is 0 Å². The molecule has 2 heterocycles. The fraction of sp³-hybridized carbons (Fsp3) is 0.182. The van der Waals surface area contributed by atoms with E-state index in [1.54, 1.807) is 6.07 Å². The maximum Gasteiger partial charge on any atom is 0.129 e. The minimum Gasteiger partial charge on any atom is -0.383 e. The van der Waals surface area contributed by atoms with Crippen LogP contribution in [-0.2, 0) is 0 Å². The number of hydrogen-bond donors (Lipinski definition) is 2. The molecule has 2 rings (SSSR count). The fourth-order valence-corrected chi connectivity index (χ4v) is 2.59. The van der Waals surface area contributed by atoms with Crippen LogP contribution in [0.1, 0.15) is 22.1 Å². The van der Waals surface area contributed by atoms with Gasteiger partial charge >= 0.3 is 0 Å². The van der Waals surface area contributed by atoms with Gasteiger partial charge in [-0.1, -0.05) is 11.6 Å². The summed E-state index contributed by atoms with van der Waals surface area (Å²) in [6.45, 7) is 1.95. The van der Waals surface area contributed by atoms with Crippen molar-refractivity contribution in [3.63, 3.8) is 0 Å². The first kappa shape index (κ1) is 11.4. The molecule has 0 radical (unpaired) electrons. The maximum absolute atomic E-state index is 10.2. The zero-order chi connectivity index (χ0) is 11.7. The number of nitrogens with zero attached hydrogens (tertiary/aromatic N) is 1. The highest BCUT2D eigenvalue weighted by Gasteiger charge is 2.17. The molecule has 0 aliphatic heterocycles. The fourth-order valence-electron chi connectivity index (χ4n) is 1.49. The van der Waals surface area contributed by atoms with Crippen molar-refractivity contribution in [2.24, 2.45) is 0 Å². The first-order valence-electron chi connectivity index (χ1n) is 4.72. The molecule has 1 atom stereocenters. The Morgan fingerprint density at radius 3 is 2.94 bits per heavy atom. The summed E-state index contributed by atoms with van der Waals surface area (Å²) in [5, 5.41) is 12.6. The van der Waals surface area contributed by atoms with Crippen LogP contribution in [0.15, 0.2) is 23.7 Å². The summed E-state index contributed by atoms with van der Waals surface area (Å²) in [5.74, 6) is 0.310. The summed E-state index contributed by atoms with van der Waals surface area (Å²) in [6, 6.07) is 3.60. The number of halogens is 1. The normalized spacial score (nSPS) is 12.7. The maximum atomic E-state index is 10.2. The first-order valence-corrected chi connectivity index (χ1v) is 5.98. The molecule has 0 aliphatic rings. The number of nitrogens with two attached hydrogens (primary N) is 1. The average Bonchev–Trinajstić information content (AvgIpc) is 2.67. The lowest BCUT2D eigenvalue weighted by Gasteiger charge is -2.12. The first-order chi connectivity index (χ1) is 7.59. The van der Waals surface area contributed by atoms with Crippen molar-refractivity contribution in [1.29, 1.82) is 0 Å². The molecule has 0 amide bonds. The predicted octanol–water partition coefficient (Wildman–Crippen LogP) is 2.77. The van der Waals surface area contributed by atoms with E-state index >= 15 is 0 Å². The molecule has 1 unspecified atom stereocenters. The largest absolute Gasteiger partial charge is 0.383 e. The van der Waals surface area contributed by atoms with E-state index in [0.29, 0.717) is 16.4 Å². The Morgan fingerprint density at radius 1 is 1.56 bits per heavy atom. The van der Waals surface area contributed by atoms with Crippen LogP contribution in [0, 0.1) is 6.92 Å². The van der Waals surface area contributed by atoms with Crippen molar-refractivity contribution < 1.29 is 5.11 Å². The van der Waals surface area contributed by atoms with Gasteiger partial charge in [0.1, 0.15) is 11.9 Å². The molecule has 0 spiro atoms. The molecular weight excluding hydrogens is 244 g/mol. The summed E-state index contributed by atoms with van der Waals surface area (Å²) in [6.07, 6.45) is 0.709. The van der Waals surface area contributed by atoms with Crippen LogP contribution in [0.4, 0.5) is 5.82 Å². The van der Waals surface area contributed by atoms with Crippen LogP contribution in [0.3, 0.4) is 0 Å². The van der Waals surface area contributed by atoms with Crippen LogP contribution < -0.4 is 5.73 Å². The van der Waals surface area contributed by atoms with Gasteiger partial charge in [0.2, 0.25) is 0 Å². The standard InChI is InChI=1S/C11H11ClN2OS/c1-6-2-3-16-10(6)9(15)8-4-7(12)5-14-11(8)13/h2-5,9,15H,1H3,(H2,13,14). The summed E-state index contributed by atoms with van der Waals surface area (Å²) < 4.78 is 0. The van der Waals surface area contributed by atoms with Gasteiger partial charge in [-0.2, -0.15) is 0 Å². The minimum absolute atomic E-state index is 0.310. The highest BCUT2D eigenvalue weighted by Crippen LogP contribution is 2.32. The minimum atomic E-state index is -0.758. The monoisotopic (exact) mass is 254 g/mol. The molecule has 2 aromatic rings. The summed E-state index contributed by atoms with van der Waals surface area (Å²) in [5.41, 5.74) is 7.31. The summed E-state index contributed by atoms with van der Waals surface area (Å²) in [4.78, 5) is 4.80. The molecule has 0 saturated heterocycles. The molecule has 5 heteroatoms. The smallest absolute Gasteiger partial charge is 0.129 e. The SMILES string of the molecule is Cc1ccsc1C(O)c1cc(Cl)cnc1N. The van der Waals surface area contributed by atoms with E-state index in [2.05, 4.69) is 4.98 Å². The summed E-state index contributed by atoms with van der Waals surface area (Å²) >= 11 is 7.33. The second kappa shape index (κ2) is 4.41. The highest BCUT2D eigenvalue weighted by atomic mass is 35.5. The van der Waals surface area contributed by atoms with Gasteiger partial charge in [-0.15, -0.1) is 11.3 Å². The number of hydrogen-bond acceptors (Lipinski definition) is 4. The van der Waals surface area contributed by atoms with Crippen LogP contribution in [0.5, 0.6) is 0 Å². The number of thiophene rings is 1. The Kier molecular flexibility index (Phi) is 3.14. The molecule has 84 valence electrons. The number of aromatic nitrogens is 1. The third kappa shape index (κ3) is 2.04. The van der Waals surface area contributed by atoms with Gasteiger partial charge in [-0.05, 0) is 30.0 Å². The van der Waals surface area contributed by atoms with Crippen molar-refractivity contribution in [2.75, 3.05) is 5.73 Å². The Labute approximate surface area is 103 Å². The lowest BCUT2D eigenvalue weighted by Crippen LogP contribution is -2.05. The number of aliphatic hydroxyl groups is 1. The zero-order valence-electron chi connectivity index (χ0n) is 8.64. The van der Waals surface area contributed by atoms with Crippen LogP contribution in [0.2, 0.25) is 5.02 Å². The number of aliphatic hydroxyl groups excluding tert-OH is 1. The Hall–Kier alpha value is -1.10. The molecule has 0 fully saturated rings. The Bertz CT molecular complexity index is 512. The lowest BCUT2D eigenvalue weighted by atomic mass is 10.1. The topological polar surface area (TPSA) is 59.1 Å². The van der Waals surface area contributed by atoms with Crippen molar-refractivity contribution in [3.8, 4) is 0 Å². The van der Waals surface area contributed by atoms with Crippen molar-refractivity contribution in [2.45, 2.75) is 13.0 Å². The van der Waals surface area contributed by atoms with Crippen molar-refractivity contribution in [1.82, 2.24) is 4.98 Å². The van der Waals surface area contributed by atoms with E-state index in [4.69, 9.17) is 17.3 Å². The van der Waals surface area contributed by atoms with E-state index in [0.717, 1.165) is 10.4 Å². The molecule has 3 N–H and O–H groups in total. The van der Waals surface area contributed by atoms with Crippen LogP contribution in [-0.4, -0.2) is 10.1 Å². The Morgan fingerprint density at radius 2 is 2.31 bits per heavy atom. The molecule has 0 aliphatic carbocycles. The third-order valence-corrected chi connectivity index (χ3v) is 3.64. The van der Waals surface area contributed by atoms with E-state index in [1.165, 1.54) is 17.5 Å². The molecule has 2 aromatic heterocycles. The lowest BCUT2D eigenvalue weighted by molar-refractivity contribution is 0.224. The highest BCUT2D eigenvalue weighted by molar-refractivity contribution is 7.10. The summed E-state index contributed by atoms with van der Waals surface area (Å²) in [7, 11) is 0. The number of aryl methyl sites for hydroxylation is 1. The molecule has 0 aromatic carbocycles. The number of rotatable bonds is 2. The number of pyridine rings is 1. The average molecular weight is 255 g/mol. The van der Waals surface area contributed by atoms with E-state index < -0.39 is 6.10 Å². The van der Waals surface area contributed by atoms with E-state index in [9.17, 15) is 5.11 Å². The molecular formula is C11H11ClN2OS. The third-order valence-electron chi connectivity index (χ3n) is 2.36. The van der Waals surface area contributed by atoms with Gasteiger partial charge in [0.05, 0.1) is 5.02 Å². The van der Waals surface area contributed by atoms with Crippen LogP contribution in [0.25, 0.3) is 0 Å². The second-order valence-electron chi connectivity index (χ2n) is 3.50. The van der Waals surface area contributed by atoms with Crippen molar-refractivity contribution >= 4 is 28.8 Å². The van der Waals surface area contributed by atoms with E-state index in [1.807, 2.05) is 18.4 Å². The molecule has 0 bridgehead atoms. The Balaban J connectivity index is 2.45. The van der Waals surface area contributed by atoms with Gasteiger partial charge < -0.3 is 10.8 Å². The van der Waals surface area contributed by atoms with Gasteiger partial charge in [-0.3, -0.25) is 0 Å². The van der Waals surface area contributed by atoms with Crippen molar-refractivity contribution in [3.05, 3.63) is 44.7 Å². The number of anilines is 1. The van der Waals surface area contributed by atoms with Crippen LogP contribution >= 0.6 is 22.9 Å². The quantitative estimate of drug-likeness (QED) is 0.866. The van der Waals surface area contributed by atoms with Gasteiger partial charge in [0, 0.05) is 16.6 Å². The van der Waals surface area contributed by atoms with Gasteiger partial charge in [0.15, 0.2) is 0 Å². The van der Waals surface area contributed by atoms with Gasteiger partial charge in [-0.25, -0.2) is 4.98 Å².